The zero-order valence-corrected chi connectivity index (χ0v) is 6.81. The van der Waals surface area contributed by atoms with Gasteiger partial charge in [0, 0.05) is 6.20 Å². The molecule has 0 aromatic heterocycles. The minimum atomic E-state index is -2.70. The van der Waals surface area contributed by atoms with Crippen LogP contribution in [0, 0.1) is 0 Å². The van der Waals surface area contributed by atoms with E-state index in [9.17, 15) is 9.46 Å². The van der Waals surface area contributed by atoms with Gasteiger partial charge in [0.05, 0.1) is 5.88 Å². The molecular formula is C4H6NO3PS. The molecule has 0 aromatic carbocycles. The number of nitrogens with zero attached hydrogens (tertiary/aromatic N) is 1. The lowest BCUT2D eigenvalue weighted by Gasteiger charge is -2.08. The summed E-state index contributed by atoms with van der Waals surface area (Å²) in [6.45, 7) is 0.127. The van der Waals surface area contributed by atoms with Crippen LogP contribution in [0.15, 0.2) is 11.6 Å². The van der Waals surface area contributed by atoms with Crippen LogP contribution in [0.1, 0.15) is 0 Å². The van der Waals surface area contributed by atoms with E-state index < -0.39 is 8.25 Å². The largest absolute Gasteiger partial charge is 0.566 e. The molecule has 1 heterocycles. The molecule has 0 radical (unpaired) electrons. The highest BCUT2D eigenvalue weighted by Crippen LogP contribution is 2.17. The van der Waals surface area contributed by atoms with Crippen molar-refractivity contribution in [2.24, 2.45) is 0 Å². The predicted octanol–water partition coefficient (Wildman–Crippen LogP) is 0.456. The first-order chi connectivity index (χ1) is 4.79. The molecule has 0 N–H and O–H groups in total. The summed E-state index contributed by atoms with van der Waals surface area (Å²) in [7, 11) is -2.70. The van der Waals surface area contributed by atoms with E-state index in [2.05, 4.69) is 4.52 Å². The van der Waals surface area contributed by atoms with Crippen molar-refractivity contribution >= 4 is 20.0 Å². The van der Waals surface area contributed by atoms with Crippen LogP contribution in [0.3, 0.4) is 0 Å². The average molecular weight is 179 g/mol. The molecule has 6 heteroatoms. The van der Waals surface area contributed by atoms with Gasteiger partial charge in [0.15, 0.2) is 6.73 Å². The molecule has 1 rings (SSSR count). The Morgan fingerprint density at radius 2 is 2.70 bits per heavy atom. The van der Waals surface area contributed by atoms with Crippen molar-refractivity contribution in [1.29, 1.82) is 0 Å². The Balaban J connectivity index is 2.13. The van der Waals surface area contributed by atoms with Crippen molar-refractivity contribution in [2.45, 2.75) is 0 Å². The maximum Gasteiger partial charge on any atom is 0.490 e. The van der Waals surface area contributed by atoms with Gasteiger partial charge >= 0.3 is 8.25 Å². The van der Waals surface area contributed by atoms with Crippen molar-refractivity contribution in [1.82, 2.24) is 4.90 Å². The van der Waals surface area contributed by atoms with E-state index in [1.54, 1.807) is 22.9 Å². The first kappa shape index (κ1) is 8.01. The molecular weight excluding hydrogens is 173 g/mol. The fourth-order valence-corrected chi connectivity index (χ4v) is 1.45. The van der Waals surface area contributed by atoms with E-state index in [0.29, 0.717) is 0 Å². The molecule has 0 aromatic rings. The lowest BCUT2D eigenvalue weighted by atomic mass is 10.8. The Morgan fingerprint density at radius 1 is 1.90 bits per heavy atom. The maximum absolute atomic E-state index is 9.91. The second kappa shape index (κ2) is 3.93. The van der Waals surface area contributed by atoms with Gasteiger partial charge in [0.25, 0.3) is 0 Å². The quantitative estimate of drug-likeness (QED) is 0.589. The second-order valence-corrected chi connectivity index (χ2v) is 3.22. The van der Waals surface area contributed by atoms with Gasteiger partial charge in [0.1, 0.15) is 0 Å². The fraction of sp³-hybridized carbons (Fsp3) is 0.500. The van der Waals surface area contributed by atoms with Crippen LogP contribution in [0.5, 0.6) is 0 Å². The number of hydrogen-bond donors (Lipinski definition) is 0. The lowest BCUT2D eigenvalue weighted by molar-refractivity contribution is -0.187. The molecule has 0 spiro atoms. The third kappa shape index (κ3) is 2.66. The van der Waals surface area contributed by atoms with Gasteiger partial charge in [-0.15, -0.1) is 16.3 Å². The predicted molar refractivity (Wildman–Crippen MR) is 37.0 cm³/mol. The molecule has 0 amide bonds. The van der Waals surface area contributed by atoms with E-state index in [0.717, 1.165) is 5.88 Å². The van der Waals surface area contributed by atoms with Gasteiger partial charge in [-0.1, -0.05) is 0 Å². The van der Waals surface area contributed by atoms with E-state index in [1.165, 1.54) is 0 Å². The summed E-state index contributed by atoms with van der Waals surface area (Å²) in [5.74, 6) is 0.767. The van der Waals surface area contributed by atoms with Crippen LogP contribution in [0.4, 0.5) is 0 Å². The SMILES string of the molecule is O=[P+]([O-])OCN1C=CSC1. The standard InChI is InChI=1S/C4H6NO3PS/c6-9(7)8-3-5-1-2-10-4-5/h1-2H,3-4H2. The Labute approximate surface area is 63.8 Å². The third-order valence-electron chi connectivity index (χ3n) is 0.937. The van der Waals surface area contributed by atoms with Crippen molar-refractivity contribution in [2.75, 3.05) is 12.6 Å². The molecule has 0 saturated heterocycles. The van der Waals surface area contributed by atoms with Crippen LogP contribution in [0.25, 0.3) is 0 Å². The summed E-state index contributed by atoms with van der Waals surface area (Å²) < 4.78 is 14.3. The van der Waals surface area contributed by atoms with Crippen molar-refractivity contribution < 1.29 is 14.0 Å². The molecule has 0 saturated carbocycles. The van der Waals surface area contributed by atoms with Crippen molar-refractivity contribution in [3.8, 4) is 0 Å². The monoisotopic (exact) mass is 179 g/mol. The highest BCUT2D eigenvalue weighted by molar-refractivity contribution is 8.02. The van der Waals surface area contributed by atoms with Gasteiger partial charge in [-0.2, -0.15) is 0 Å². The molecule has 0 aliphatic carbocycles. The number of hydrogen-bond acceptors (Lipinski definition) is 5. The highest BCUT2D eigenvalue weighted by atomic mass is 32.2. The highest BCUT2D eigenvalue weighted by Gasteiger charge is 2.08. The van der Waals surface area contributed by atoms with E-state index in [-0.39, 0.29) is 6.73 Å². The van der Waals surface area contributed by atoms with Crippen molar-refractivity contribution in [3.63, 3.8) is 0 Å². The molecule has 4 nitrogen and oxygen atoms in total. The summed E-state index contributed by atoms with van der Waals surface area (Å²) in [5, 5.41) is 1.89. The smallest absolute Gasteiger partial charge is 0.490 e. The Bertz CT molecular complexity index is 163. The number of rotatable bonds is 3. The van der Waals surface area contributed by atoms with Crippen LogP contribution in [-0.2, 0) is 9.09 Å². The molecule has 1 unspecified atom stereocenters. The summed E-state index contributed by atoms with van der Waals surface area (Å²) >= 11 is 1.60. The van der Waals surface area contributed by atoms with E-state index >= 15 is 0 Å². The minimum Gasteiger partial charge on any atom is -0.566 e. The van der Waals surface area contributed by atoms with Gasteiger partial charge in [0.2, 0.25) is 0 Å². The van der Waals surface area contributed by atoms with E-state index in [4.69, 9.17) is 0 Å². The van der Waals surface area contributed by atoms with Crippen LogP contribution in [0.2, 0.25) is 0 Å². The molecule has 0 fully saturated rings. The van der Waals surface area contributed by atoms with Gasteiger partial charge in [-0.25, -0.2) is 0 Å². The van der Waals surface area contributed by atoms with Gasteiger partial charge < -0.3 is 9.79 Å². The molecule has 1 aliphatic heterocycles. The second-order valence-electron chi connectivity index (χ2n) is 1.65. The first-order valence-corrected chi connectivity index (χ1v) is 4.73. The summed E-state index contributed by atoms with van der Waals surface area (Å²) in [6.07, 6.45) is 1.80. The first-order valence-electron chi connectivity index (χ1n) is 2.58. The number of thioether (sulfide) groups is 1. The Morgan fingerprint density at radius 3 is 3.20 bits per heavy atom. The summed E-state index contributed by atoms with van der Waals surface area (Å²) in [6, 6.07) is 0. The van der Waals surface area contributed by atoms with Gasteiger partial charge in [-0.05, 0) is 9.97 Å². The Hall–Kier alpha value is -0.0900. The average Bonchev–Trinajstić information content (AvgIpc) is 2.34. The fourth-order valence-electron chi connectivity index (χ4n) is 0.513. The summed E-state index contributed by atoms with van der Waals surface area (Å²) in [4.78, 5) is 11.7. The van der Waals surface area contributed by atoms with E-state index in [1.807, 2.05) is 5.41 Å². The zero-order valence-electron chi connectivity index (χ0n) is 5.10. The topological polar surface area (TPSA) is 52.6 Å². The third-order valence-corrected chi connectivity index (χ3v) is 2.06. The Kier molecular flexibility index (Phi) is 3.15. The van der Waals surface area contributed by atoms with Crippen LogP contribution >= 0.6 is 20.0 Å². The zero-order chi connectivity index (χ0) is 7.40. The van der Waals surface area contributed by atoms with Gasteiger partial charge in [-0.3, -0.25) is 0 Å². The minimum absolute atomic E-state index is 0.127. The summed E-state index contributed by atoms with van der Waals surface area (Å²) in [5.41, 5.74) is 0. The molecule has 1 atom stereocenters. The maximum atomic E-state index is 9.91. The van der Waals surface area contributed by atoms with Crippen LogP contribution < -0.4 is 4.89 Å². The molecule has 0 bridgehead atoms. The van der Waals surface area contributed by atoms with Crippen LogP contribution in [-0.4, -0.2) is 17.5 Å². The lowest BCUT2D eigenvalue weighted by Crippen LogP contribution is -2.16. The van der Waals surface area contributed by atoms with Crippen molar-refractivity contribution in [3.05, 3.63) is 11.6 Å². The molecule has 56 valence electrons. The normalized spacial score (nSPS) is 18.1. The molecule has 1 aliphatic rings. The molecule has 10 heavy (non-hydrogen) atoms.